The molecule has 6 heteroatoms. The Morgan fingerprint density at radius 2 is 2.28 bits per heavy atom. The van der Waals surface area contributed by atoms with Crippen molar-refractivity contribution in [3.8, 4) is 5.75 Å². The van der Waals surface area contributed by atoms with Gasteiger partial charge >= 0.3 is 5.97 Å². The van der Waals surface area contributed by atoms with E-state index in [2.05, 4.69) is 32.3 Å². The van der Waals surface area contributed by atoms with Gasteiger partial charge in [0.25, 0.3) is 0 Å². The van der Waals surface area contributed by atoms with E-state index in [1.165, 1.54) is 7.11 Å². The minimum atomic E-state index is -0.677. The molecule has 2 atom stereocenters. The number of carbonyl (C=O) groups excluding carboxylic acids is 1. The SMILES string of the molecule is COC(=O)[C@H]1N=C(c2ccc(I)cc2O)O[C@H]1C. The van der Waals surface area contributed by atoms with Crippen LogP contribution in [0.1, 0.15) is 12.5 Å². The maximum atomic E-state index is 11.5. The third-order valence-corrected chi connectivity index (χ3v) is 3.30. The molecule has 96 valence electrons. The van der Waals surface area contributed by atoms with Crippen molar-refractivity contribution in [3.63, 3.8) is 0 Å². The minimum Gasteiger partial charge on any atom is -0.507 e. The number of benzene rings is 1. The Hall–Kier alpha value is -1.31. The fourth-order valence-corrected chi connectivity index (χ4v) is 2.16. The van der Waals surface area contributed by atoms with Crippen LogP contribution in [0.3, 0.4) is 0 Å². The number of esters is 1. The second-order valence-corrected chi connectivity index (χ2v) is 5.13. The average Bonchev–Trinajstić information content (AvgIpc) is 2.70. The molecule has 1 aromatic carbocycles. The van der Waals surface area contributed by atoms with Gasteiger partial charge in [-0.05, 0) is 47.7 Å². The van der Waals surface area contributed by atoms with E-state index < -0.39 is 18.1 Å². The number of carbonyl (C=O) groups is 1. The molecule has 0 radical (unpaired) electrons. The van der Waals surface area contributed by atoms with Crippen LogP contribution in [-0.4, -0.2) is 36.2 Å². The summed E-state index contributed by atoms with van der Waals surface area (Å²) in [5.74, 6) is -0.0901. The molecule has 0 unspecified atom stereocenters. The first-order chi connectivity index (χ1) is 8.52. The smallest absolute Gasteiger partial charge is 0.334 e. The van der Waals surface area contributed by atoms with Crippen LogP contribution in [0.4, 0.5) is 0 Å². The van der Waals surface area contributed by atoms with Gasteiger partial charge in [-0.3, -0.25) is 0 Å². The van der Waals surface area contributed by atoms with Crippen LogP contribution in [0.15, 0.2) is 23.2 Å². The molecule has 0 saturated carbocycles. The van der Waals surface area contributed by atoms with Gasteiger partial charge in [0.05, 0.1) is 12.7 Å². The molecule has 18 heavy (non-hydrogen) atoms. The van der Waals surface area contributed by atoms with E-state index in [9.17, 15) is 9.90 Å². The molecule has 5 nitrogen and oxygen atoms in total. The fourth-order valence-electron chi connectivity index (χ4n) is 1.69. The Morgan fingerprint density at radius 3 is 2.89 bits per heavy atom. The van der Waals surface area contributed by atoms with Gasteiger partial charge in [-0.25, -0.2) is 9.79 Å². The molecule has 0 bridgehead atoms. The van der Waals surface area contributed by atoms with Crippen LogP contribution in [0.2, 0.25) is 0 Å². The van der Waals surface area contributed by atoms with Crippen molar-refractivity contribution in [1.82, 2.24) is 0 Å². The second-order valence-electron chi connectivity index (χ2n) is 3.89. The molecule has 1 aliphatic rings. The molecule has 0 aromatic heterocycles. The zero-order chi connectivity index (χ0) is 13.3. The van der Waals surface area contributed by atoms with Crippen LogP contribution < -0.4 is 0 Å². The van der Waals surface area contributed by atoms with Crippen LogP contribution in [0, 0.1) is 3.57 Å². The Bertz CT molecular complexity index is 515. The summed E-state index contributed by atoms with van der Waals surface area (Å²) in [6, 6.07) is 4.47. The highest BCUT2D eigenvalue weighted by atomic mass is 127. The van der Waals surface area contributed by atoms with Crippen molar-refractivity contribution in [2.24, 2.45) is 4.99 Å². The summed E-state index contributed by atoms with van der Waals surface area (Å²) in [6.07, 6.45) is -0.397. The van der Waals surface area contributed by atoms with E-state index in [0.717, 1.165) is 3.57 Å². The number of aliphatic imine (C=N–C) groups is 1. The molecule has 0 amide bonds. The van der Waals surface area contributed by atoms with Gasteiger partial charge in [-0.1, -0.05) is 0 Å². The number of methoxy groups -OCH3 is 1. The topological polar surface area (TPSA) is 68.1 Å². The van der Waals surface area contributed by atoms with Crippen molar-refractivity contribution in [1.29, 1.82) is 0 Å². The van der Waals surface area contributed by atoms with Gasteiger partial charge in [-0.2, -0.15) is 0 Å². The lowest BCUT2D eigenvalue weighted by molar-refractivity contribution is -0.143. The number of aromatic hydroxyl groups is 1. The predicted octanol–water partition coefficient (Wildman–Crippen LogP) is 1.70. The van der Waals surface area contributed by atoms with E-state index >= 15 is 0 Å². The second kappa shape index (κ2) is 5.13. The molecule has 0 aliphatic carbocycles. The molecule has 1 heterocycles. The van der Waals surface area contributed by atoms with Crippen LogP contribution in [0.5, 0.6) is 5.75 Å². The zero-order valence-electron chi connectivity index (χ0n) is 9.88. The summed E-state index contributed by atoms with van der Waals surface area (Å²) in [7, 11) is 1.31. The van der Waals surface area contributed by atoms with Gasteiger partial charge < -0.3 is 14.6 Å². The number of halogens is 1. The quantitative estimate of drug-likeness (QED) is 0.643. The monoisotopic (exact) mass is 361 g/mol. The van der Waals surface area contributed by atoms with E-state index in [-0.39, 0.29) is 11.6 Å². The van der Waals surface area contributed by atoms with E-state index in [1.54, 1.807) is 19.1 Å². The van der Waals surface area contributed by atoms with Gasteiger partial charge in [0.1, 0.15) is 11.9 Å². The summed E-state index contributed by atoms with van der Waals surface area (Å²) >= 11 is 2.10. The number of hydrogen-bond acceptors (Lipinski definition) is 5. The molecule has 2 rings (SSSR count). The highest BCUT2D eigenvalue weighted by Gasteiger charge is 2.35. The van der Waals surface area contributed by atoms with Gasteiger partial charge in [0, 0.05) is 3.57 Å². The summed E-state index contributed by atoms with van der Waals surface area (Å²) in [6.45, 7) is 1.74. The van der Waals surface area contributed by atoms with Gasteiger partial charge in [0.2, 0.25) is 5.90 Å². The zero-order valence-corrected chi connectivity index (χ0v) is 12.0. The van der Waals surface area contributed by atoms with Crippen molar-refractivity contribution in [2.75, 3.05) is 7.11 Å². The number of nitrogens with zero attached hydrogens (tertiary/aromatic N) is 1. The van der Waals surface area contributed by atoms with Crippen LogP contribution >= 0.6 is 22.6 Å². The Morgan fingerprint density at radius 1 is 1.56 bits per heavy atom. The maximum Gasteiger partial charge on any atom is 0.334 e. The Balaban J connectivity index is 2.32. The molecule has 0 spiro atoms. The summed E-state index contributed by atoms with van der Waals surface area (Å²) in [5, 5.41) is 9.84. The lowest BCUT2D eigenvalue weighted by Gasteiger charge is -2.10. The van der Waals surface area contributed by atoms with Gasteiger partial charge in [0.15, 0.2) is 6.04 Å². The molecule has 0 saturated heterocycles. The number of phenolic OH excluding ortho intramolecular Hbond substituents is 1. The summed E-state index contributed by atoms with van der Waals surface area (Å²) < 4.78 is 11.0. The molecule has 1 N–H and O–H groups in total. The number of rotatable bonds is 2. The molecule has 1 aromatic rings. The first-order valence-electron chi connectivity index (χ1n) is 5.34. The van der Waals surface area contributed by atoms with E-state index in [0.29, 0.717) is 5.56 Å². The largest absolute Gasteiger partial charge is 0.507 e. The molecule has 0 fully saturated rings. The third kappa shape index (κ3) is 2.43. The Kier molecular flexibility index (Phi) is 3.74. The van der Waals surface area contributed by atoms with E-state index in [4.69, 9.17) is 4.74 Å². The molecular weight excluding hydrogens is 349 g/mol. The number of ether oxygens (including phenoxy) is 2. The molecule has 1 aliphatic heterocycles. The predicted molar refractivity (Wildman–Crippen MR) is 73.7 cm³/mol. The van der Waals surface area contributed by atoms with Crippen molar-refractivity contribution >= 4 is 34.5 Å². The fraction of sp³-hybridized carbons (Fsp3) is 0.333. The lowest BCUT2D eigenvalue weighted by Crippen LogP contribution is -2.28. The van der Waals surface area contributed by atoms with Gasteiger partial charge in [-0.15, -0.1) is 0 Å². The third-order valence-electron chi connectivity index (χ3n) is 2.63. The first-order valence-corrected chi connectivity index (χ1v) is 6.42. The maximum absolute atomic E-state index is 11.5. The van der Waals surface area contributed by atoms with Crippen LogP contribution in [-0.2, 0) is 14.3 Å². The van der Waals surface area contributed by atoms with Crippen molar-refractivity contribution in [2.45, 2.75) is 19.1 Å². The van der Waals surface area contributed by atoms with Crippen molar-refractivity contribution in [3.05, 3.63) is 27.3 Å². The van der Waals surface area contributed by atoms with Crippen LogP contribution in [0.25, 0.3) is 0 Å². The highest BCUT2D eigenvalue weighted by molar-refractivity contribution is 14.1. The summed E-state index contributed by atoms with van der Waals surface area (Å²) in [4.78, 5) is 15.6. The van der Waals surface area contributed by atoms with Crippen molar-refractivity contribution < 1.29 is 19.4 Å². The van der Waals surface area contributed by atoms with E-state index in [1.807, 2.05) is 6.07 Å². The standard InChI is InChI=1S/C12H12INO4/c1-6-10(12(16)17-2)14-11(18-6)8-4-3-7(13)5-9(8)15/h3-6,10,15H,1-2H3/t6-,10-/m0/s1. The number of phenols is 1. The Labute approximate surface area is 118 Å². The summed E-state index contributed by atoms with van der Waals surface area (Å²) in [5.41, 5.74) is 0.480. The normalized spacial score (nSPS) is 22.3. The molecular formula is C12H12INO4. The number of hydrogen-bond donors (Lipinski definition) is 1. The lowest BCUT2D eigenvalue weighted by atomic mass is 10.2. The minimum absolute atomic E-state index is 0.0818. The highest BCUT2D eigenvalue weighted by Crippen LogP contribution is 2.26. The average molecular weight is 361 g/mol. The first kappa shape index (κ1) is 13.1.